The summed E-state index contributed by atoms with van der Waals surface area (Å²) >= 11 is 0. The molecule has 2 N–H and O–H groups in total. The maximum atomic E-state index is 13.5. The molecule has 70 valence electrons. The average Bonchev–Trinajstić information content (AvgIpc) is 2.86. The zero-order valence-electron chi connectivity index (χ0n) is 7.13. The van der Waals surface area contributed by atoms with Gasteiger partial charge in [-0.1, -0.05) is 12.1 Å². The van der Waals surface area contributed by atoms with Crippen LogP contribution in [0, 0.1) is 5.92 Å². The standard InChI is InChI=1S/C10H11F2N/c11-10(12,7-4-5-7)8-2-1-3-9(13)6-8/h1-3,6-7H,4-5,13H2. The number of benzene rings is 1. The van der Waals surface area contributed by atoms with E-state index in [1.807, 2.05) is 0 Å². The Bertz CT molecular complexity index is 318. The lowest BCUT2D eigenvalue weighted by Crippen LogP contribution is -2.15. The lowest BCUT2D eigenvalue weighted by Gasteiger charge is -2.15. The minimum atomic E-state index is -2.69. The van der Waals surface area contributed by atoms with Crippen molar-refractivity contribution < 1.29 is 8.78 Å². The van der Waals surface area contributed by atoms with Crippen LogP contribution in [0.25, 0.3) is 0 Å². The van der Waals surface area contributed by atoms with E-state index in [0.717, 1.165) is 0 Å². The second kappa shape index (κ2) is 2.69. The molecular weight excluding hydrogens is 172 g/mol. The molecule has 0 bridgehead atoms. The summed E-state index contributed by atoms with van der Waals surface area (Å²) in [5.41, 5.74) is 5.89. The minimum absolute atomic E-state index is 0.0509. The summed E-state index contributed by atoms with van der Waals surface area (Å²) in [4.78, 5) is 0. The second-order valence-corrected chi connectivity index (χ2v) is 3.52. The van der Waals surface area contributed by atoms with Gasteiger partial charge in [0.15, 0.2) is 0 Å². The van der Waals surface area contributed by atoms with E-state index >= 15 is 0 Å². The second-order valence-electron chi connectivity index (χ2n) is 3.52. The van der Waals surface area contributed by atoms with Crippen molar-refractivity contribution in [3.8, 4) is 0 Å². The van der Waals surface area contributed by atoms with Crippen molar-refractivity contribution in [1.82, 2.24) is 0 Å². The van der Waals surface area contributed by atoms with E-state index in [-0.39, 0.29) is 5.56 Å². The van der Waals surface area contributed by atoms with E-state index in [0.29, 0.717) is 18.5 Å². The summed E-state index contributed by atoms with van der Waals surface area (Å²) in [5.74, 6) is -3.15. The highest BCUT2D eigenvalue weighted by Crippen LogP contribution is 2.49. The van der Waals surface area contributed by atoms with Crippen LogP contribution in [0.15, 0.2) is 24.3 Å². The van der Waals surface area contributed by atoms with E-state index in [2.05, 4.69) is 0 Å². The van der Waals surface area contributed by atoms with Gasteiger partial charge in [-0.15, -0.1) is 0 Å². The molecular formula is C10H11F2N. The van der Waals surface area contributed by atoms with Gasteiger partial charge in [-0.05, 0) is 25.0 Å². The predicted octanol–water partition coefficient (Wildman–Crippen LogP) is 2.77. The molecule has 1 aliphatic carbocycles. The van der Waals surface area contributed by atoms with Crippen LogP contribution in [0.4, 0.5) is 14.5 Å². The van der Waals surface area contributed by atoms with Gasteiger partial charge in [0.05, 0.1) is 0 Å². The Hall–Kier alpha value is -1.12. The number of alkyl halides is 2. The summed E-state index contributed by atoms with van der Waals surface area (Å²) in [7, 11) is 0. The SMILES string of the molecule is Nc1cccc(C(F)(F)C2CC2)c1. The molecule has 1 aromatic rings. The molecule has 0 atom stereocenters. The zero-order valence-corrected chi connectivity index (χ0v) is 7.13. The number of anilines is 1. The third-order valence-corrected chi connectivity index (χ3v) is 2.36. The summed E-state index contributed by atoms with van der Waals surface area (Å²) in [5, 5.41) is 0. The molecule has 0 aromatic heterocycles. The van der Waals surface area contributed by atoms with Crippen LogP contribution in [0.1, 0.15) is 18.4 Å². The maximum absolute atomic E-state index is 13.5. The fraction of sp³-hybridized carbons (Fsp3) is 0.400. The van der Waals surface area contributed by atoms with Gasteiger partial charge in [0.1, 0.15) is 0 Å². The summed E-state index contributed by atoms with van der Waals surface area (Å²) in [6.07, 6.45) is 1.25. The Morgan fingerprint density at radius 3 is 2.54 bits per heavy atom. The highest BCUT2D eigenvalue weighted by atomic mass is 19.3. The lowest BCUT2D eigenvalue weighted by molar-refractivity contribution is -0.0284. The third kappa shape index (κ3) is 1.50. The molecule has 2 rings (SSSR count). The van der Waals surface area contributed by atoms with Crippen molar-refractivity contribution in [1.29, 1.82) is 0 Å². The van der Waals surface area contributed by atoms with Crippen molar-refractivity contribution in [3.63, 3.8) is 0 Å². The molecule has 13 heavy (non-hydrogen) atoms. The summed E-state index contributed by atoms with van der Waals surface area (Å²) in [6.45, 7) is 0. The molecule has 0 aliphatic heterocycles. The Morgan fingerprint density at radius 2 is 2.00 bits per heavy atom. The number of rotatable bonds is 2. The fourth-order valence-electron chi connectivity index (χ4n) is 1.43. The highest BCUT2D eigenvalue weighted by Gasteiger charge is 2.47. The normalized spacial score (nSPS) is 17.4. The number of hydrogen-bond acceptors (Lipinski definition) is 1. The monoisotopic (exact) mass is 183 g/mol. The van der Waals surface area contributed by atoms with Crippen LogP contribution in [-0.4, -0.2) is 0 Å². The van der Waals surface area contributed by atoms with Crippen molar-refractivity contribution in [2.24, 2.45) is 5.92 Å². The van der Waals surface area contributed by atoms with Gasteiger partial charge < -0.3 is 5.73 Å². The van der Waals surface area contributed by atoms with Crippen molar-refractivity contribution >= 4 is 5.69 Å². The Labute approximate surface area is 75.6 Å². The van der Waals surface area contributed by atoms with Gasteiger partial charge >= 0.3 is 0 Å². The number of halogens is 2. The van der Waals surface area contributed by atoms with E-state index in [1.54, 1.807) is 12.1 Å². The fourth-order valence-corrected chi connectivity index (χ4v) is 1.43. The molecule has 0 amide bonds. The van der Waals surface area contributed by atoms with Gasteiger partial charge in [-0.2, -0.15) is 0 Å². The molecule has 0 heterocycles. The molecule has 1 aromatic carbocycles. The van der Waals surface area contributed by atoms with E-state index in [9.17, 15) is 8.78 Å². The molecule has 0 spiro atoms. The van der Waals surface area contributed by atoms with Gasteiger partial charge in [-0.25, -0.2) is 8.78 Å². The molecule has 0 unspecified atom stereocenters. The van der Waals surface area contributed by atoms with Crippen molar-refractivity contribution in [3.05, 3.63) is 29.8 Å². The van der Waals surface area contributed by atoms with E-state index < -0.39 is 11.8 Å². The van der Waals surface area contributed by atoms with Gasteiger partial charge in [0, 0.05) is 17.2 Å². The Balaban J connectivity index is 2.33. The number of nitrogen functional groups attached to an aromatic ring is 1. The first-order valence-electron chi connectivity index (χ1n) is 4.34. The average molecular weight is 183 g/mol. The first-order chi connectivity index (χ1) is 6.10. The number of nitrogens with two attached hydrogens (primary N) is 1. The molecule has 0 radical (unpaired) electrons. The summed E-state index contributed by atoms with van der Waals surface area (Å²) < 4.78 is 26.9. The smallest absolute Gasteiger partial charge is 0.276 e. The molecule has 1 fully saturated rings. The van der Waals surface area contributed by atoms with Gasteiger partial charge in [-0.3, -0.25) is 0 Å². The lowest BCUT2D eigenvalue weighted by atomic mass is 10.0. The van der Waals surface area contributed by atoms with Crippen LogP contribution in [0.2, 0.25) is 0 Å². The van der Waals surface area contributed by atoms with Crippen LogP contribution in [0.3, 0.4) is 0 Å². The minimum Gasteiger partial charge on any atom is -0.399 e. The maximum Gasteiger partial charge on any atom is 0.276 e. The highest BCUT2D eigenvalue weighted by molar-refractivity contribution is 5.42. The molecule has 1 aliphatic rings. The molecule has 1 nitrogen and oxygen atoms in total. The third-order valence-electron chi connectivity index (χ3n) is 2.36. The van der Waals surface area contributed by atoms with E-state index in [4.69, 9.17) is 5.73 Å². The van der Waals surface area contributed by atoms with Crippen LogP contribution in [0.5, 0.6) is 0 Å². The molecule has 3 heteroatoms. The quantitative estimate of drug-likeness (QED) is 0.701. The summed E-state index contributed by atoms with van der Waals surface area (Å²) in [6, 6.07) is 5.99. The topological polar surface area (TPSA) is 26.0 Å². The van der Waals surface area contributed by atoms with Crippen LogP contribution in [-0.2, 0) is 5.92 Å². The first-order valence-corrected chi connectivity index (χ1v) is 4.34. The van der Waals surface area contributed by atoms with Crippen LogP contribution >= 0.6 is 0 Å². The molecule has 0 saturated heterocycles. The number of hydrogen-bond donors (Lipinski definition) is 1. The Morgan fingerprint density at radius 1 is 1.31 bits per heavy atom. The predicted molar refractivity (Wildman–Crippen MR) is 47.5 cm³/mol. The van der Waals surface area contributed by atoms with E-state index in [1.165, 1.54) is 12.1 Å². The zero-order chi connectivity index (χ0) is 9.47. The van der Waals surface area contributed by atoms with Crippen molar-refractivity contribution in [2.45, 2.75) is 18.8 Å². The van der Waals surface area contributed by atoms with Gasteiger partial charge in [0.2, 0.25) is 0 Å². The Kier molecular flexibility index (Phi) is 1.75. The van der Waals surface area contributed by atoms with Gasteiger partial charge in [0.25, 0.3) is 5.92 Å². The van der Waals surface area contributed by atoms with Crippen LogP contribution < -0.4 is 5.73 Å². The largest absolute Gasteiger partial charge is 0.399 e. The van der Waals surface area contributed by atoms with Crippen molar-refractivity contribution in [2.75, 3.05) is 5.73 Å². The molecule has 1 saturated carbocycles. The first kappa shape index (κ1) is 8.48.